The molecule has 1 aliphatic rings. The molecule has 4 aromatic rings. The maximum absolute atomic E-state index is 13.2. The average molecular weight is 514 g/mol. The summed E-state index contributed by atoms with van der Waals surface area (Å²) >= 11 is 6.20. The summed E-state index contributed by atoms with van der Waals surface area (Å²) in [6.45, 7) is 1.74. The molecule has 2 aromatic heterocycles. The molecule has 1 N–H and O–H groups in total. The zero-order chi connectivity index (χ0) is 25.4. The number of hydrogen-bond acceptors (Lipinski definition) is 4. The van der Waals surface area contributed by atoms with Gasteiger partial charge in [-0.3, -0.25) is 9.20 Å². The van der Waals surface area contributed by atoms with E-state index in [1.165, 1.54) is 18.7 Å². The summed E-state index contributed by atoms with van der Waals surface area (Å²) in [6, 6.07) is 8.26. The molecule has 6 nitrogen and oxygen atoms in total. The van der Waals surface area contributed by atoms with Crippen molar-refractivity contribution in [3.8, 4) is 11.1 Å². The van der Waals surface area contributed by atoms with E-state index < -0.39 is 11.7 Å². The van der Waals surface area contributed by atoms with Gasteiger partial charge >= 0.3 is 6.18 Å². The Bertz CT molecular complexity index is 1440. The molecule has 36 heavy (non-hydrogen) atoms. The van der Waals surface area contributed by atoms with Crippen molar-refractivity contribution in [3.63, 3.8) is 0 Å². The first-order valence-corrected chi connectivity index (χ1v) is 12.1. The van der Waals surface area contributed by atoms with Crippen LogP contribution in [0.15, 0.2) is 48.8 Å². The van der Waals surface area contributed by atoms with Gasteiger partial charge in [0.15, 0.2) is 0 Å². The predicted molar refractivity (Wildman–Crippen MR) is 131 cm³/mol. The lowest BCUT2D eigenvalue weighted by atomic mass is 9.89. The van der Waals surface area contributed by atoms with E-state index in [9.17, 15) is 18.0 Å². The third-order valence-electron chi connectivity index (χ3n) is 6.68. The van der Waals surface area contributed by atoms with Gasteiger partial charge in [-0.25, -0.2) is 4.98 Å². The van der Waals surface area contributed by atoms with Gasteiger partial charge < -0.3 is 5.32 Å². The van der Waals surface area contributed by atoms with Gasteiger partial charge in [-0.1, -0.05) is 49.1 Å². The van der Waals surface area contributed by atoms with Crippen LogP contribution in [0.4, 0.5) is 18.9 Å². The highest BCUT2D eigenvalue weighted by Crippen LogP contribution is 2.37. The van der Waals surface area contributed by atoms with Gasteiger partial charge in [0.05, 0.1) is 17.4 Å². The molecule has 186 valence electrons. The van der Waals surface area contributed by atoms with Gasteiger partial charge in [-0.05, 0) is 49.1 Å². The summed E-state index contributed by atoms with van der Waals surface area (Å²) in [5.41, 5.74) is 1.63. The van der Waals surface area contributed by atoms with Gasteiger partial charge in [-0.15, -0.1) is 10.2 Å². The van der Waals surface area contributed by atoms with Crippen LogP contribution < -0.4 is 5.32 Å². The van der Waals surface area contributed by atoms with Crippen molar-refractivity contribution in [1.29, 1.82) is 0 Å². The van der Waals surface area contributed by atoms with Crippen LogP contribution in [0.2, 0.25) is 5.02 Å². The molecular formula is C26H23ClF3N5O. The summed E-state index contributed by atoms with van der Waals surface area (Å²) in [4.78, 5) is 17.5. The van der Waals surface area contributed by atoms with Crippen LogP contribution >= 0.6 is 11.6 Å². The zero-order valence-corrected chi connectivity index (χ0v) is 20.2. The van der Waals surface area contributed by atoms with Crippen molar-refractivity contribution < 1.29 is 18.0 Å². The maximum Gasteiger partial charge on any atom is 0.416 e. The van der Waals surface area contributed by atoms with Crippen molar-refractivity contribution in [2.45, 2.75) is 51.1 Å². The Morgan fingerprint density at radius 1 is 1.08 bits per heavy atom. The molecule has 1 fully saturated rings. The third-order valence-corrected chi connectivity index (χ3v) is 7.00. The Kier molecular flexibility index (Phi) is 6.42. The number of carbonyl (C=O) groups is 1. The van der Waals surface area contributed by atoms with Crippen molar-refractivity contribution in [1.82, 2.24) is 19.6 Å². The minimum absolute atomic E-state index is 0.0389. The van der Waals surface area contributed by atoms with Crippen molar-refractivity contribution in [3.05, 3.63) is 76.3 Å². The zero-order valence-electron chi connectivity index (χ0n) is 19.4. The number of carbonyl (C=O) groups excluding carboxylic acids is 1. The molecule has 0 radical (unpaired) electrons. The van der Waals surface area contributed by atoms with E-state index in [2.05, 4.69) is 20.5 Å². The Balaban J connectivity index is 1.43. The summed E-state index contributed by atoms with van der Waals surface area (Å²) in [5.74, 6) is 1.27. The molecule has 10 heteroatoms. The molecule has 1 aliphatic carbocycles. The van der Waals surface area contributed by atoms with E-state index in [1.54, 1.807) is 31.3 Å². The molecule has 0 atom stereocenters. The second-order valence-electron chi connectivity index (χ2n) is 9.03. The Morgan fingerprint density at radius 3 is 2.58 bits per heavy atom. The van der Waals surface area contributed by atoms with Crippen LogP contribution in [0.25, 0.3) is 16.9 Å². The average Bonchev–Trinajstić information content (AvgIpc) is 3.27. The molecule has 1 amide bonds. The topological polar surface area (TPSA) is 72.2 Å². The lowest BCUT2D eigenvalue weighted by Gasteiger charge is -2.19. The molecule has 0 spiro atoms. The fraction of sp³-hybridized carbons (Fsp3) is 0.308. The van der Waals surface area contributed by atoms with E-state index >= 15 is 0 Å². The van der Waals surface area contributed by atoms with E-state index in [-0.39, 0.29) is 10.9 Å². The molecule has 2 aromatic carbocycles. The fourth-order valence-electron chi connectivity index (χ4n) is 4.79. The normalized spacial score (nSPS) is 14.8. The second-order valence-corrected chi connectivity index (χ2v) is 9.44. The number of halogens is 4. The molecular weight excluding hydrogens is 491 g/mol. The largest absolute Gasteiger partial charge is 0.416 e. The van der Waals surface area contributed by atoms with Crippen LogP contribution in [0.3, 0.4) is 0 Å². The van der Waals surface area contributed by atoms with Crippen molar-refractivity contribution in [2.75, 3.05) is 5.32 Å². The summed E-state index contributed by atoms with van der Waals surface area (Å²) in [5, 5.41) is 11.3. The van der Waals surface area contributed by atoms with Gasteiger partial charge in [0.2, 0.25) is 0 Å². The highest BCUT2D eigenvalue weighted by atomic mass is 35.5. The van der Waals surface area contributed by atoms with E-state index in [4.69, 9.17) is 11.6 Å². The maximum atomic E-state index is 13.2. The van der Waals surface area contributed by atoms with Crippen LogP contribution in [0.5, 0.6) is 0 Å². The number of nitrogens with one attached hydrogen (secondary N) is 1. The number of benzene rings is 2. The van der Waals surface area contributed by atoms with Gasteiger partial charge in [0.1, 0.15) is 5.82 Å². The van der Waals surface area contributed by atoms with Gasteiger partial charge in [0, 0.05) is 28.3 Å². The van der Waals surface area contributed by atoms with Crippen LogP contribution in [-0.2, 0) is 6.18 Å². The number of nitrogens with zero attached hydrogens (tertiary/aromatic N) is 4. The smallest absolute Gasteiger partial charge is 0.319 e. The number of rotatable bonds is 4. The van der Waals surface area contributed by atoms with E-state index in [1.807, 2.05) is 4.40 Å². The number of fused-ring (bicyclic) bond motifs is 1. The molecule has 0 unspecified atom stereocenters. The molecule has 1 saturated carbocycles. The van der Waals surface area contributed by atoms with Gasteiger partial charge in [-0.2, -0.15) is 13.2 Å². The Morgan fingerprint density at radius 2 is 1.86 bits per heavy atom. The molecule has 0 aliphatic heterocycles. The molecule has 5 rings (SSSR count). The number of amides is 1. The van der Waals surface area contributed by atoms with E-state index in [0.29, 0.717) is 39.6 Å². The quantitative estimate of drug-likeness (QED) is 0.317. The van der Waals surface area contributed by atoms with Crippen LogP contribution in [0.1, 0.15) is 65.3 Å². The van der Waals surface area contributed by atoms with Crippen molar-refractivity contribution in [2.24, 2.45) is 0 Å². The third kappa shape index (κ3) is 4.67. The standard InChI is InChI=1S/C26H23ClF3N5O/c1-15-19(21-11-10-17(12-22(21)27)26(28,29)30)8-5-9-20(15)24(36)32-18-13-31-25-34-33-23(35(25)14-18)16-6-3-2-4-7-16/h5,8-14,16H,2-4,6-7H2,1H3,(H,32,36). The predicted octanol–water partition coefficient (Wildman–Crippen LogP) is 7.07. The minimum atomic E-state index is -4.49. The van der Waals surface area contributed by atoms with E-state index in [0.717, 1.165) is 43.6 Å². The van der Waals surface area contributed by atoms with Gasteiger partial charge in [0.25, 0.3) is 11.7 Å². The lowest BCUT2D eigenvalue weighted by molar-refractivity contribution is -0.137. The summed E-state index contributed by atoms with van der Waals surface area (Å²) in [6.07, 6.45) is 4.45. The molecule has 0 saturated heterocycles. The first kappa shape index (κ1) is 24.2. The highest BCUT2D eigenvalue weighted by Gasteiger charge is 2.31. The Hall–Kier alpha value is -3.46. The number of hydrogen-bond donors (Lipinski definition) is 1. The first-order valence-electron chi connectivity index (χ1n) is 11.7. The number of anilines is 1. The summed E-state index contributed by atoms with van der Waals surface area (Å²) < 4.78 is 40.9. The number of alkyl halides is 3. The molecule has 2 heterocycles. The number of aromatic nitrogens is 4. The van der Waals surface area contributed by atoms with Crippen LogP contribution in [0, 0.1) is 6.92 Å². The first-order chi connectivity index (χ1) is 17.2. The van der Waals surface area contributed by atoms with Crippen molar-refractivity contribution >= 4 is 29.0 Å². The minimum Gasteiger partial charge on any atom is -0.319 e. The SMILES string of the molecule is Cc1c(C(=O)Nc2cnc3nnc(C4CCCCC4)n3c2)cccc1-c1ccc(C(F)(F)F)cc1Cl. The fourth-order valence-corrected chi connectivity index (χ4v) is 5.07. The Labute approximate surface area is 210 Å². The second kappa shape index (κ2) is 9.54. The lowest BCUT2D eigenvalue weighted by Crippen LogP contribution is -2.15. The highest BCUT2D eigenvalue weighted by molar-refractivity contribution is 6.33. The van der Waals surface area contributed by atoms with Crippen LogP contribution in [-0.4, -0.2) is 25.5 Å². The molecule has 0 bridgehead atoms. The monoisotopic (exact) mass is 513 g/mol. The summed E-state index contributed by atoms with van der Waals surface area (Å²) in [7, 11) is 0.